The smallest absolute Gasteiger partial charge is 0.245 e. The van der Waals surface area contributed by atoms with Crippen molar-refractivity contribution in [2.75, 3.05) is 5.32 Å². The van der Waals surface area contributed by atoms with Crippen molar-refractivity contribution in [1.82, 2.24) is 4.90 Å². The summed E-state index contributed by atoms with van der Waals surface area (Å²) in [5.74, 6) is -0.584. The van der Waals surface area contributed by atoms with Crippen LogP contribution in [0.15, 0.2) is 48.5 Å². The molecule has 1 aliphatic rings. The SMILES string of the molecule is Cc1ccc(C(N)C(=O)Nc2ccc(CN3C(=O)CCC3=O)cc2)cc1.Cl. The number of carbonyl (C=O) groups excluding carboxylic acids is 3. The molecule has 7 heteroatoms. The lowest BCUT2D eigenvalue weighted by Crippen LogP contribution is -2.28. The van der Waals surface area contributed by atoms with Crippen LogP contribution in [-0.2, 0) is 20.9 Å². The Kier molecular flexibility index (Phi) is 6.71. The predicted molar refractivity (Wildman–Crippen MR) is 105 cm³/mol. The van der Waals surface area contributed by atoms with Crippen LogP contribution in [0.4, 0.5) is 5.69 Å². The molecule has 1 unspecified atom stereocenters. The summed E-state index contributed by atoms with van der Waals surface area (Å²) in [5.41, 5.74) is 9.30. The van der Waals surface area contributed by atoms with Crippen LogP contribution < -0.4 is 11.1 Å². The van der Waals surface area contributed by atoms with E-state index in [0.717, 1.165) is 16.7 Å². The normalized spacial score (nSPS) is 14.7. The largest absolute Gasteiger partial charge is 0.324 e. The van der Waals surface area contributed by atoms with Crippen LogP contribution in [0.2, 0.25) is 0 Å². The molecule has 1 aliphatic heterocycles. The molecule has 2 aromatic rings. The van der Waals surface area contributed by atoms with Gasteiger partial charge in [-0.2, -0.15) is 0 Å². The zero-order valence-corrected chi connectivity index (χ0v) is 15.8. The highest BCUT2D eigenvalue weighted by Gasteiger charge is 2.28. The van der Waals surface area contributed by atoms with Crippen LogP contribution in [0.25, 0.3) is 0 Å². The van der Waals surface area contributed by atoms with E-state index in [9.17, 15) is 14.4 Å². The minimum Gasteiger partial charge on any atom is -0.324 e. The number of nitrogens with zero attached hydrogens (tertiary/aromatic N) is 1. The van der Waals surface area contributed by atoms with E-state index in [1.54, 1.807) is 24.3 Å². The van der Waals surface area contributed by atoms with Gasteiger partial charge in [0.25, 0.3) is 0 Å². The minimum absolute atomic E-state index is 0. The molecule has 6 nitrogen and oxygen atoms in total. The van der Waals surface area contributed by atoms with Crippen molar-refractivity contribution in [3.05, 3.63) is 65.2 Å². The Morgan fingerprint density at radius 1 is 1.04 bits per heavy atom. The first-order valence-electron chi connectivity index (χ1n) is 8.49. The van der Waals surface area contributed by atoms with Crippen LogP contribution in [0.1, 0.15) is 35.6 Å². The van der Waals surface area contributed by atoms with Gasteiger partial charge in [-0.15, -0.1) is 12.4 Å². The standard InChI is InChI=1S/C20H21N3O3.ClH/c1-13-2-6-15(7-3-13)19(21)20(26)22-16-8-4-14(5-9-16)12-23-17(24)10-11-18(23)25;/h2-9,19H,10-12,21H2,1H3,(H,22,26);1H. The first-order chi connectivity index (χ1) is 12.4. The number of aryl methyl sites for hydroxylation is 1. The van der Waals surface area contributed by atoms with E-state index in [2.05, 4.69) is 5.32 Å². The molecule has 2 aromatic carbocycles. The van der Waals surface area contributed by atoms with Crippen LogP contribution >= 0.6 is 12.4 Å². The number of hydrogen-bond acceptors (Lipinski definition) is 4. The third-order valence-corrected chi connectivity index (χ3v) is 4.44. The summed E-state index contributed by atoms with van der Waals surface area (Å²) >= 11 is 0. The molecule has 0 aromatic heterocycles. The van der Waals surface area contributed by atoms with Crippen molar-refractivity contribution < 1.29 is 14.4 Å². The minimum atomic E-state index is -0.755. The van der Waals surface area contributed by atoms with Gasteiger partial charge in [-0.05, 0) is 30.2 Å². The molecule has 0 saturated carbocycles. The van der Waals surface area contributed by atoms with Crippen molar-refractivity contribution in [3.8, 4) is 0 Å². The number of anilines is 1. The van der Waals surface area contributed by atoms with Crippen LogP contribution in [0.3, 0.4) is 0 Å². The lowest BCUT2D eigenvalue weighted by Gasteiger charge is -2.15. The molecule has 3 N–H and O–H groups in total. The molecule has 3 amide bonds. The molecule has 27 heavy (non-hydrogen) atoms. The number of nitrogens with two attached hydrogens (primary N) is 1. The number of imide groups is 1. The second-order valence-corrected chi connectivity index (χ2v) is 6.45. The Hall–Kier alpha value is -2.70. The summed E-state index contributed by atoms with van der Waals surface area (Å²) in [5, 5.41) is 2.78. The Morgan fingerprint density at radius 2 is 1.59 bits per heavy atom. The third kappa shape index (κ3) is 4.93. The van der Waals surface area contributed by atoms with E-state index in [1.807, 2.05) is 31.2 Å². The number of amides is 3. The van der Waals surface area contributed by atoms with Crippen molar-refractivity contribution in [2.45, 2.75) is 32.4 Å². The highest BCUT2D eigenvalue weighted by molar-refractivity contribution is 6.01. The third-order valence-electron chi connectivity index (χ3n) is 4.44. The molecule has 0 aliphatic carbocycles. The van der Waals surface area contributed by atoms with Gasteiger partial charge in [0, 0.05) is 18.5 Å². The van der Waals surface area contributed by atoms with E-state index in [-0.39, 0.29) is 49.5 Å². The molecule has 0 bridgehead atoms. The average Bonchev–Trinajstić information content (AvgIpc) is 2.95. The van der Waals surface area contributed by atoms with E-state index in [0.29, 0.717) is 5.69 Å². The van der Waals surface area contributed by atoms with Gasteiger partial charge in [-0.3, -0.25) is 19.3 Å². The van der Waals surface area contributed by atoms with Gasteiger partial charge in [-0.1, -0.05) is 42.0 Å². The lowest BCUT2D eigenvalue weighted by molar-refractivity contribution is -0.139. The molecular weight excluding hydrogens is 366 g/mol. The zero-order chi connectivity index (χ0) is 18.7. The average molecular weight is 388 g/mol. The number of hydrogen-bond donors (Lipinski definition) is 2. The summed E-state index contributed by atoms with van der Waals surface area (Å²) in [4.78, 5) is 36.9. The van der Waals surface area contributed by atoms with Crippen molar-refractivity contribution in [3.63, 3.8) is 0 Å². The number of rotatable bonds is 5. The summed E-state index contributed by atoms with van der Waals surface area (Å²) < 4.78 is 0. The molecule has 1 heterocycles. The van der Waals surface area contributed by atoms with Crippen LogP contribution in [0.5, 0.6) is 0 Å². The highest BCUT2D eigenvalue weighted by Crippen LogP contribution is 2.19. The highest BCUT2D eigenvalue weighted by atomic mass is 35.5. The van der Waals surface area contributed by atoms with Crippen LogP contribution in [0, 0.1) is 6.92 Å². The van der Waals surface area contributed by atoms with Crippen LogP contribution in [-0.4, -0.2) is 22.6 Å². The molecule has 0 spiro atoms. The van der Waals surface area contributed by atoms with E-state index in [4.69, 9.17) is 5.73 Å². The van der Waals surface area contributed by atoms with Gasteiger partial charge < -0.3 is 11.1 Å². The molecule has 142 valence electrons. The Balaban J connectivity index is 0.00000261. The van der Waals surface area contributed by atoms with Gasteiger partial charge in [0.05, 0.1) is 6.54 Å². The molecule has 1 saturated heterocycles. The van der Waals surface area contributed by atoms with Crippen molar-refractivity contribution in [1.29, 1.82) is 0 Å². The van der Waals surface area contributed by atoms with Gasteiger partial charge in [-0.25, -0.2) is 0 Å². The molecule has 3 rings (SSSR count). The maximum Gasteiger partial charge on any atom is 0.245 e. The van der Waals surface area contributed by atoms with Gasteiger partial charge >= 0.3 is 0 Å². The van der Waals surface area contributed by atoms with E-state index >= 15 is 0 Å². The maximum absolute atomic E-state index is 12.3. The monoisotopic (exact) mass is 387 g/mol. The van der Waals surface area contributed by atoms with E-state index < -0.39 is 6.04 Å². The first-order valence-corrected chi connectivity index (χ1v) is 8.49. The van der Waals surface area contributed by atoms with Gasteiger partial charge in [0.15, 0.2) is 0 Å². The van der Waals surface area contributed by atoms with Gasteiger partial charge in [0.2, 0.25) is 17.7 Å². The number of benzene rings is 2. The maximum atomic E-state index is 12.3. The summed E-state index contributed by atoms with van der Waals surface area (Å²) in [6.07, 6.45) is 0.563. The number of likely N-dealkylation sites (tertiary alicyclic amines) is 1. The second-order valence-electron chi connectivity index (χ2n) is 6.45. The molecule has 0 radical (unpaired) electrons. The molecule has 1 atom stereocenters. The number of halogens is 1. The second kappa shape index (κ2) is 8.79. The van der Waals surface area contributed by atoms with E-state index in [1.165, 1.54) is 4.90 Å². The van der Waals surface area contributed by atoms with Crippen molar-refractivity contribution >= 4 is 35.8 Å². The Morgan fingerprint density at radius 3 is 2.15 bits per heavy atom. The Bertz CT molecular complexity index is 819. The fraction of sp³-hybridized carbons (Fsp3) is 0.250. The quantitative estimate of drug-likeness (QED) is 0.771. The Labute approximate surface area is 164 Å². The molecule has 1 fully saturated rings. The van der Waals surface area contributed by atoms with Crippen molar-refractivity contribution in [2.24, 2.45) is 5.73 Å². The fourth-order valence-electron chi connectivity index (χ4n) is 2.82. The lowest BCUT2D eigenvalue weighted by atomic mass is 10.1. The topological polar surface area (TPSA) is 92.5 Å². The molecular formula is C20H22ClN3O3. The number of carbonyl (C=O) groups is 3. The summed E-state index contributed by atoms with van der Waals surface area (Å²) in [6, 6.07) is 13.8. The van der Waals surface area contributed by atoms with Gasteiger partial charge in [0.1, 0.15) is 6.04 Å². The zero-order valence-electron chi connectivity index (χ0n) is 15.0. The summed E-state index contributed by atoms with van der Waals surface area (Å²) in [7, 11) is 0. The summed E-state index contributed by atoms with van der Waals surface area (Å²) in [6.45, 7) is 2.23. The first kappa shape index (κ1) is 20.6. The fourth-order valence-corrected chi connectivity index (χ4v) is 2.82. The number of nitrogens with one attached hydrogen (secondary N) is 1. The predicted octanol–water partition coefficient (Wildman–Crippen LogP) is 2.70.